The first-order chi connectivity index (χ1) is 9.98. The van der Waals surface area contributed by atoms with E-state index in [0.29, 0.717) is 5.56 Å². The Bertz CT molecular complexity index is 608. The van der Waals surface area contributed by atoms with Gasteiger partial charge in [0.2, 0.25) is 0 Å². The SMILES string of the molecule is O=C(NCCc1ccccc1C(F)(F)F)c1ccccc1. The quantitative estimate of drug-likeness (QED) is 0.915. The van der Waals surface area contributed by atoms with Gasteiger partial charge in [-0.3, -0.25) is 4.79 Å². The Hall–Kier alpha value is -2.30. The molecule has 0 aliphatic rings. The van der Waals surface area contributed by atoms with Crippen LogP contribution in [-0.4, -0.2) is 12.5 Å². The maximum atomic E-state index is 12.8. The van der Waals surface area contributed by atoms with Crippen LogP contribution >= 0.6 is 0 Å². The second kappa shape index (κ2) is 6.43. The summed E-state index contributed by atoms with van der Waals surface area (Å²) in [7, 11) is 0. The summed E-state index contributed by atoms with van der Waals surface area (Å²) in [5.41, 5.74) is 0.0129. The van der Waals surface area contributed by atoms with Gasteiger partial charge in [-0.25, -0.2) is 0 Å². The van der Waals surface area contributed by atoms with Gasteiger partial charge >= 0.3 is 6.18 Å². The van der Waals surface area contributed by atoms with Gasteiger partial charge in [-0.2, -0.15) is 13.2 Å². The monoisotopic (exact) mass is 293 g/mol. The third-order valence-electron chi connectivity index (χ3n) is 3.04. The second-order valence-electron chi connectivity index (χ2n) is 4.53. The zero-order valence-corrected chi connectivity index (χ0v) is 11.2. The number of carbonyl (C=O) groups is 1. The van der Waals surface area contributed by atoms with E-state index >= 15 is 0 Å². The lowest BCUT2D eigenvalue weighted by Gasteiger charge is -2.12. The molecular formula is C16H14F3NO. The molecule has 0 saturated carbocycles. The molecule has 1 N–H and O–H groups in total. The smallest absolute Gasteiger partial charge is 0.352 e. The Morgan fingerprint density at radius 1 is 0.952 bits per heavy atom. The summed E-state index contributed by atoms with van der Waals surface area (Å²) in [5.74, 6) is -0.292. The number of benzene rings is 2. The van der Waals surface area contributed by atoms with Gasteiger partial charge in [-0.05, 0) is 30.2 Å². The molecule has 0 saturated heterocycles. The average Bonchev–Trinajstić information content (AvgIpc) is 2.47. The van der Waals surface area contributed by atoms with Crippen LogP contribution in [-0.2, 0) is 12.6 Å². The van der Waals surface area contributed by atoms with Crippen molar-refractivity contribution in [2.45, 2.75) is 12.6 Å². The van der Waals surface area contributed by atoms with Crippen LogP contribution in [0.15, 0.2) is 54.6 Å². The first-order valence-corrected chi connectivity index (χ1v) is 6.47. The molecule has 0 aliphatic carbocycles. The molecule has 2 rings (SSSR count). The van der Waals surface area contributed by atoms with Crippen LogP contribution in [0.2, 0.25) is 0 Å². The highest BCUT2D eigenvalue weighted by Crippen LogP contribution is 2.31. The minimum atomic E-state index is -4.37. The van der Waals surface area contributed by atoms with Crippen LogP contribution in [0.5, 0.6) is 0 Å². The Balaban J connectivity index is 1.97. The highest BCUT2D eigenvalue weighted by Gasteiger charge is 2.32. The van der Waals surface area contributed by atoms with Gasteiger partial charge in [0, 0.05) is 12.1 Å². The molecule has 0 bridgehead atoms. The predicted molar refractivity (Wildman–Crippen MR) is 73.9 cm³/mol. The summed E-state index contributed by atoms with van der Waals surface area (Å²) in [6.07, 6.45) is -4.24. The molecule has 2 aromatic carbocycles. The number of amides is 1. The molecule has 0 atom stereocenters. The third kappa shape index (κ3) is 4.08. The average molecular weight is 293 g/mol. The fraction of sp³-hybridized carbons (Fsp3) is 0.188. The standard InChI is InChI=1S/C16H14F3NO/c17-16(18,19)14-9-5-4-6-12(14)10-11-20-15(21)13-7-2-1-3-8-13/h1-9H,10-11H2,(H,20,21). The summed E-state index contributed by atoms with van der Waals surface area (Å²) in [6.45, 7) is 0.154. The molecule has 0 aromatic heterocycles. The zero-order chi connectivity index (χ0) is 15.3. The van der Waals surface area contributed by atoms with Crippen LogP contribution in [0, 0.1) is 0 Å². The number of hydrogen-bond donors (Lipinski definition) is 1. The van der Waals surface area contributed by atoms with E-state index in [1.807, 2.05) is 0 Å². The topological polar surface area (TPSA) is 29.1 Å². The summed E-state index contributed by atoms with van der Waals surface area (Å²) in [6, 6.07) is 13.9. The number of nitrogens with one attached hydrogen (secondary N) is 1. The van der Waals surface area contributed by atoms with E-state index in [4.69, 9.17) is 0 Å². The minimum Gasteiger partial charge on any atom is -0.352 e. The molecule has 21 heavy (non-hydrogen) atoms. The van der Waals surface area contributed by atoms with Crippen LogP contribution in [0.1, 0.15) is 21.5 Å². The van der Waals surface area contributed by atoms with Gasteiger partial charge in [0.25, 0.3) is 5.91 Å². The normalized spacial score (nSPS) is 11.2. The largest absolute Gasteiger partial charge is 0.416 e. The number of hydrogen-bond acceptors (Lipinski definition) is 1. The first kappa shape index (κ1) is 15.1. The van der Waals surface area contributed by atoms with Gasteiger partial charge in [-0.1, -0.05) is 36.4 Å². The van der Waals surface area contributed by atoms with E-state index in [-0.39, 0.29) is 24.4 Å². The zero-order valence-electron chi connectivity index (χ0n) is 11.2. The molecule has 0 aliphatic heterocycles. The van der Waals surface area contributed by atoms with Crippen molar-refractivity contribution in [1.82, 2.24) is 5.32 Å². The molecule has 1 amide bonds. The van der Waals surface area contributed by atoms with Crippen LogP contribution in [0.4, 0.5) is 13.2 Å². The third-order valence-corrected chi connectivity index (χ3v) is 3.04. The van der Waals surface area contributed by atoms with Crippen molar-refractivity contribution in [1.29, 1.82) is 0 Å². The number of alkyl halides is 3. The van der Waals surface area contributed by atoms with Crippen molar-refractivity contribution < 1.29 is 18.0 Å². The van der Waals surface area contributed by atoms with Gasteiger partial charge in [-0.15, -0.1) is 0 Å². The minimum absolute atomic E-state index is 0.133. The van der Waals surface area contributed by atoms with Gasteiger partial charge in [0.05, 0.1) is 5.56 Å². The number of carbonyl (C=O) groups excluding carboxylic acids is 1. The van der Waals surface area contributed by atoms with E-state index in [0.717, 1.165) is 6.07 Å². The summed E-state index contributed by atoms with van der Waals surface area (Å²) in [4.78, 5) is 11.8. The lowest BCUT2D eigenvalue weighted by molar-refractivity contribution is -0.138. The highest BCUT2D eigenvalue weighted by molar-refractivity contribution is 5.94. The molecule has 0 spiro atoms. The lowest BCUT2D eigenvalue weighted by atomic mass is 10.0. The van der Waals surface area contributed by atoms with Crippen molar-refractivity contribution in [3.63, 3.8) is 0 Å². The van der Waals surface area contributed by atoms with Crippen molar-refractivity contribution in [2.75, 3.05) is 6.54 Å². The molecule has 110 valence electrons. The molecule has 0 radical (unpaired) electrons. The molecule has 0 fully saturated rings. The Labute approximate surface area is 120 Å². The van der Waals surface area contributed by atoms with Crippen LogP contribution in [0.25, 0.3) is 0 Å². The molecule has 5 heteroatoms. The lowest BCUT2D eigenvalue weighted by Crippen LogP contribution is -2.26. The Kier molecular flexibility index (Phi) is 4.62. The Morgan fingerprint density at radius 2 is 1.57 bits per heavy atom. The predicted octanol–water partition coefficient (Wildman–Crippen LogP) is 3.68. The maximum Gasteiger partial charge on any atom is 0.416 e. The van der Waals surface area contributed by atoms with E-state index in [9.17, 15) is 18.0 Å². The van der Waals surface area contributed by atoms with Crippen LogP contribution < -0.4 is 5.32 Å². The first-order valence-electron chi connectivity index (χ1n) is 6.47. The number of halogens is 3. The van der Waals surface area contributed by atoms with Crippen molar-refractivity contribution in [2.24, 2.45) is 0 Å². The fourth-order valence-corrected chi connectivity index (χ4v) is 2.02. The van der Waals surface area contributed by atoms with Gasteiger partial charge in [0.15, 0.2) is 0 Å². The van der Waals surface area contributed by atoms with E-state index in [2.05, 4.69) is 5.32 Å². The molecule has 2 nitrogen and oxygen atoms in total. The van der Waals surface area contributed by atoms with E-state index < -0.39 is 11.7 Å². The highest BCUT2D eigenvalue weighted by atomic mass is 19.4. The van der Waals surface area contributed by atoms with Gasteiger partial charge < -0.3 is 5.32 Å². The molecular weight excluding hydrogens is 279 g/mol. The summed E-state index contributed by atoms with van der Waals surface area (Å²) in [5, 5.41) is 2.62. The van der Waals surface area contributed by atoms with E-state index in [1.165, 1.54) is 12.1 Å². The van der Waals surface area contributed by atoms with Crippen molar-refractivity contribution in [3.05, 3.63) is 71.3 Å². The second-order valence-corrected chi connectivity index (χ2v) is 4.53. The van der Waals surface area contributed by atoms with E-state index in [1.54, 1.807) is 36.4 Å². The molecule has 0 heterocycles. The van der Waals surface area contributed by atoms with Crippen LogP contribution in [0.3, 0.4) is 0 Å². The fourth-order valence-electron chi connectivity index (χ4n) is 2.02. The van der Waals surface area contributed by atoms with Gasteiger partial charge in [0.1, 0.15) is 0 Å². The summed E-state index contributed by atoms with van der Waals surface area (Å²) < 4.78 is 38.4. The van der Waals surface area contributed by atoms with Crippen molar-refractivity contribution in [3.8, 4) is 0 Å². The molecule has 2 aromatic rings. The number of rotatable bonds is 4. The van der Waals surface area contributed by atoms with Crippen molar-refractivity contribution >= 4 is 5.91 Å². The molecule has 0 unspecified atom stereocenters. The maximum absolute atomic E-state index is 12.8. The summed E-state index contributed by atoms with van der Waals surface area (Å²) >= 11 is 0. The Morgan fingerprint density at radius 3 is 2.24 bits per heavy atom.